The molecule has 0 aromatic rings. The summed E-state index contributed by atoms with van der Waals surface area (Å²) in [6.45, 7) is 5.68. The summed E-state index contributed by atoms with van der Waals surface area (Å²) in [5, 5.41) is 108. The minimum absolute atomic E-state index is 0.0131. The van der Waals surface area contributed by atoms with Gasteiger partial charge >= 0.3 is 5.97 Å². The van der Waals surface area contributed by atoms with Gasteiger partial charge in [0.25, 0.3) is 0 Å². The predicted molar refractivity (Wildman–Crippen MR) is 345 cm³/mol. The summed E-state index contributed by atoms with van der Waals surface area (Å²) in [7, 11) is 0. The Hall–Kier alpha value is -5.16. The number of hydrogen-bond acceptors (Lipinski definition) is 31. The van der Waals surface area contributed by atoms with Crippen molar-refractivity contribution in [2.45, 2.75) is 165 Å². The number of ether oxygens (including phenoxy) is 14. The first-order valence-corrected chi connectivity index (χ1v) is 33.2. The third-order valence-corrected chi connectivity index (χ3v) is 13.9. The Kier molecular flexibility index (Phi) is 58.2. The Labute approximate surface area is 582 Å². The summed E-state index contributed by atoms with van der Waals surface area (Å²) in [5.41, 5.74) is 13.4. The van der Waals surface area contributed by atoms with E-state index in [2.05, 4.69) is 38.5 Å². The van der Waals surface area contributed by atoms with Gasteiger partial charge in [-0.3, -0.25) is 33.6 Å². The number of amides is 7. The van der Waals surface area contributed by atoms with Gasteiger partial charge in [0, 0.05) is 65.6 Å². The molecule has 100 heavy (non-hydrogen) atoms. The number of primary amides is 3. The van der Waals surface area contributed by atoms with Crippen LogP contribution < -0.4 is 38.5 Å². The van der Waals surface area contributed by atoms with Crippen molar-refractivity contribution in [1.82, 2.24) is 21.3 Å². The minimum Gasteiger partial charge on any atom is -0.480 e. The van der Waals surface area contributed by atoms with E-state index in [-0.39, 0.29) is 208 Å². The molecule has 586 valence electrons. The van der Waals surface area contributed by atoms with Crippen molar-refractivity contribution >= 4 is 47.3 Å². The smallest absolute Gasteiger partial charge is 0.326 e. The highest BCUT2D eigenvalue weighted by Crippen LogP contribution is 2.27. The molecule has 7 amide bonds. The van der Waals surface area contributed by atoms with E-state index >= 15 is 0 Å². The van der Waals surface area contributed by atoms with E-state index in [1.807, 2.05) is 0 Å². The Balaban J connectivity index is 0.00000752. The SMILES string of the molecule is CC(N)=O.CC(N)=O.CC(N)=O.O=C(COCCOCCOCCO[C@H]1C[C@@H](O)[C@@H](O)[C@@H](CO)O1)NCCCC[C@H](NC(=O)[C@H](CCCCNC(=O)COCCOCCOCCO[C@H]1C[C@@H](O)[C@@H](O)[C@@H](CO)O1)NC(=O)COCCOCCOCCO[C@@H]1C[C@H](CO)[C@H](O)[C@H](O)C1)C(=O)O. The lowest BCUT2D eigenvalue weighted by Gasteiger charge is -2.35. The number of rotatable bonds is 53. The number of carbonyl (C=O) groups is 8. The Morgan fingerprint density at radius 1 is 0.410 bits per heavy atom. The zero-order valence-electron chi connectivity index (χ0n) is 57.7. The molecule has 0 spiro atoms. The number of aliphatic hydroxyl groups is 9. The first-order valence-electron chi connectivity index (χ1n) is 33.2. The number of nitrogens with two attached hydrogens (primary N) is 3. The van der Waals surface area contributed by atoms with Gasteiger partial charge in [0.15, 0.2) is 12.6 Å². The number of carbonyl (C=O) groups excluding carboxylic acids is 7. The van der Waals surface area contributed by atoms with Crippen LogP contribution in [0.3, 0.4) is 0 Å². The Morgan fingerprint density at radius 3 is 1.10 bits per heavy atom. The first-order chi connectivity index (χ1) is 47.8. The standard InChI is InChI=1S/C55H100N4O29.3C2H5NO/c60-31-37-27-38(28-41(63)51(37)69)84-24-21-78-12-9-77-17-20-83-36-48(68)58-39(5-1-3-7-56-46(66)34-81-18-15-75-10-13-79-22-25-85-49-29-42(64)52(70)44(32-61)87-49)54(72)59-40(55(73)74)6-2-4-8-57-47(67)35-82-19-16-76-11-14-80-23-26-86-50-30-43(65)53(71)45(33-62)88-50;3*1-2(3)4/h37-45,49-53,60-65,69-71H,1-36H2,(H,56,66)(H,57,67)(H,58,68)(H,59,72)(H,73,74);3*1H3,(H2,3,4)/t37-,38-,39+,40+,41-,42-,43-,44-,45-,49-,50-,51+,52-,53-;;;/m1.../s1. The van der Waals surface area contributed by atoms with Crippen LogP contribution >= 0.6 is 0 Å². The van der Waals surface area contributed by atoms with Crippen LogP contribution in [0.2, 0.25) is 0 Å². The normalized spacial score (nSPS) is 23.1. The summed E-state index contributed by atoms with van der Waals surface area (Å²) in [5.74, 6) is -4.95. The fourth-order valence-corrected chi connectivity index (χ4v) is 9.07. The topological polar surface area (TPSA) is 594 Å². The number of carboxylic acids is 1. The van der Waals surface area contributed by atoms with Crippen LogP contribution in [0.4, 0.5) is 0 Å². The van der Waals surface area contributed by atoms with Crippen LogP contribution in [0.15, 0.2) is 0 Å². The van der Waals surface area contributed by atoms with Gasteiger partial charge in [0.05, 0.1) is 163 Å². The molecule has 14 atom stereocenters. The van der Waals surface area contributed by atoms with Gasteiger partial charge in [-0.15, -0.1) is 0 Å². The van der Waals surface area contributed by atoms with Crippen LogP contribution in [-0.2, 0) is 105 Å². The van der Waals surface area contributed by atoms with Gasteiger partial charge in [0.1, 0.15) is 56.3 Å². The molecule has 3 aliphatic rings. The number of nitrogens with one attached hydrogen (secondary N) is 4. The van der Waals surface area contributed by atoms with Crippen molar-refractivity contribution in [3.63, 3.8) is 0 Å². The van der Waals surface area contributed by atoms with Crippen LogP contribution in [-0.4, -0.2) is 350 Å². The molecule has 2 saturated heterocycles. The number of aliphatic hydroxyl groups excluding tert-OH is 9. The molecule has 20 N–H and O–H groups in total. The third-order valence-electron chi connectivity index (χ3n) is 13.9. The molecular weight excluding hydrogens is 1340 g/mol. The lowest BCUT2D eigenvalue weighted by atomic mass is 9.83. The van der Waals surface area contributed by atoms with Crippen LogP contribution in [0.25, 0.3) is 0 Å². The van der Waals surface area contributed by atoms with Crippen molar-refractivity contribution in [2.24, 2.45) is 23.1 Å². The molecule has 3 fully saturated rings. The number of unbranched alkanes of at least 4 members (excludes halogenated alkanes) is 2. The average Bonchev–Trinajstić information content (AvgIpc) is 0.870. The summed E-state index contributed by atoms with van der Waals surface area (Å²) < 4.78 is 76.4. The van der Waals surface area contributed by atoms with Crippen LogP contribution in [0, 0.1) is 5.92 Å². The molecule has 3 rings (SSSR count). The monoisotopic (exact) mass is 1460 g/mol. The first kappa shape index (κ1) is 94.8. The van der Waals surface area contributed by atoms with Gasteiger partial charge < -0.3 is 156 Å². The van der Waals surface area contributed by atoms with Gasteiger partial charge in [-0.05, 0) is 44.9 Å². The van der Waals surface area contributed by atoms with Gasteiger partial charge in [-0.2, -0.15) is 0 Å². The van der Waals surface area contributed by atoms with E-state index < -0.39 is 129 Å². The molecule has 1 saturated carbocycles. The highest BCUT2D eigenvalue weighted by atomic mass is 16.7. The van der Waals surface area contributed by atoms with Gasteiger partial charge in [-0.1, -0.05) is 0 Å². The highest BCUT2D eigenvalue weighted by Gasteiger charge is 2.39. The molecular formula is C61H115N7O32. The zero-order chi connectivity index (χ0) is 74.9. The Bertz CT molecular complexity index is 2120. The van der Waals surface area contributed by atoms with Crippen LogP contribution in [0.1, 0.15) is 85.0 Å². The average molecular weight is 1460 g/mol. The summed E-state index contributed by atoms with van der Waals surface area (Å²) in [4.78, 5) is 91.2. The molecule has 0 aromatic heterocycles. The largest absolute Gasteiger partial charge is 0.480 e. The maximum absolute atomic E-state index is 13.6. The minimum atomic E-state index is -1.32. The number of carboxylic acid groups (broad SMARTS) is 1. The Morgan fingerprint density at radius 2 is 0.740 bits per heavy atom. The molecule has 0 unspecified atom stereocenters. The second kappa shape index (κ2) is 61.3. The maximum Gasteiger partial charge on any atom is 0.326 e. The maximum atomic E-state index is 13.6. The zero-order valence-corrected chi connectivity index (χ0v) is 57.7. The van der Waals surface area contributed by atoms with Crippen LogP contribution in [0.5, 0.6) is 0 Å². The molecule has 0 radical (unpaired) electrons. The lowest BCUT2D eigenvalue weighted by molar-refractivity contribution is -0.259. The fourth-order valence-electron chi connectivity index (χ4n) is 9.07. The predicted octanol–water partition coefficient (Wildman–Crippen LogP) is -7.56. The van der Waals surface area contributed by atoms with Crippen molar-refractivity contribution in [3.05, 3.63) is 0 Å². The van der Waals surface area contributed by atoms with E-state index in [9.17, 15) is 89.4 Å². The third kappa shape index (κ3) is 51.9. The quantitative estimate of drug-likeness (QED) is 0.0252. The molecule has 1 aliphatic carbocycles. The van der Waals surface area contributed by atoms with Gasteiger partial charge in [-0.25, -0.2) is 4.79 Å². The van der Waals surface area contributed by atoms with Crippen molar-refractivity contribution in [3.8, 4) is 0 Å². The lowest BCUT2D eigenvalue weighted by Crippen LogP contribution is -2.52. The molecule has 0 bridgehead atoms. The number of aliphatic carboxylic acids is 1. The summed E-state index contributed by atoms with van der Waals surface area (Å²) >= 11 is 0. The molecule has 2 heterocycles. The molecule has 39 heteroatoms. The second-order valence-corrected chi connectivity index (χ2v) is 22.7. The molecule has 0 aromatic carbocycles. The van der Waals surface area contributed by atoms with Gasteiger partial charge in [0.2, 0.25) is 41.4 Å². The van der Waals surface area contributed by atoms with Crippen molar-refractivity contribution in [2.75, 3.05) is 172 Å². The van der Waals surface area contributed by atoms with Crippen molar-refractivity contribution in [1.29, 1.82) is 0 Å². The van der Waals surface area contributed by atoms with E-state index in [0.29, 0.717) is 32.1 Å². The van der Waals surface area contributed by atoms with E-state index in [1.165, 1.54) is 20.8 Å². The molecule has 39 nitrogen and oxygen atoms in total. The fraction of sp³-hybridized carbons (Fsp3) is 0.869. The van der Waals surface area contributed by atoms with E-state index in [4.69, 9.17) is 66.3 Å². The summed E-state index contributed by atoms with van der Waals surface area (Å²) in [6, 6.07) is -2.48. The molecule has 2 aliphatic heterocycles. The van der Waals surface area contributed by atoms with E-state index in [1.54, 1.807) is 0 Å². The highest BCUT2D eigenvalue weighted by molar-refractivity contribution is 5.90. The summed E-state index contributed by atoms with van der Waals surface area (Å²) in [6.07, 6.45) is -7.98. The number of hydrogen-bond donors (Lipinski definition) is 17. The van der Waals surface area contributed by atoms with E-state index in [0.717, 1.165) is 0 Å². The second-order valence-electron chi connectivity index (χ2n) is 22.7. The van der Waals surface area contributed by atoms with Crippen molar-refractivity contribution < 1.29 is 156 Å².